The fourth-order valence-corrected chi connectivity index (χ4v) is 2.57. The van der Waals surface area contributed by atoms with Crippen molar-refractivity contribution in [3.63, 3.8) is 0 Å². The van der Waals surface area contributed by atoms with Crippen LogP contribution >= 0.6 is 0 Å². The predicted octanol–water partition coefficient (Wildman–Crippen LogP) is 3.78. The lowest BCUT2D eigenvalue weighted by molar-refractivity contribution is 0.804. The van der Waals surface area contributed by atoms with Crippen LogP contribution in [0, 0.1) is 0 Å². The molecule has 0 amide bonds. The van der Waals surface area contributed by atoms with Gasteiger partial charge in [0.25, 0.3) is 0 Å². The van der Waals surface area contributed by atoms with Crippen LogP contribution in [0.15, 0.2) is 54.7 Å². The summed E-state index contributed by atoms with van der Waals surface area (Å²) in [4.78, 5) is 3.22. The molecule has 0 radical (unpaired) electrons. The van der Waals surface area contributed by atoms with Crippen LogP contribution in [0.3, 0.4) is 0 Å². The first-order valence-corrected chi connectivity index (χ1v) is 6.63. The Morgan fingerprint density at radius 2 is 1.95 bits per heavy atom. The van der Waals surface area contributed by atoms with Crippen molar-refractivity contribution < 1.29 is 0 Å². The largest absolute Gasteiger partial charge is 0.361 e. The molecule has 0 aliphatic rings. The summed E-state index contributed by atoms with van der Waals surface area (Å²) in [5, 5.41) is 1.26. The van der Waals surface area contributed by atoms with Crippen molar-refractivity contribution in [3.8, 4) is 0 Å². The van der Waals surface area contributed by atoms with E-state index < -0.39 is 0 Å². The average Bonchev–Trinajstić information content (AvgIpc) is 2.86. The Morgan fingerprint density at radius 3 is 2.79 bits per heavy atom. The molecule has 3 N–H and O–H groups in total. The Morgan fingerprint density at radius 1 is 1.11 bits per heavy atom. The van der Waals surface area contributed by atoms with Crippen molar-refractivity contribution >= 4 is 10.9 Å². The third-order valence-electron chi connectivity index (χ3n) is 3.56. The van der Waals surface area contributed by atoms with E-state index in [2.05, 4.69) is 53.5 Å². The molecule has 0 saturated carbocycles. The van der Waals surface area contributed by atoms with Gasteiger partial charge in [0.15, 0.2) is 0 Å². The van der Waals surface area contributed by atoms with E-state index in [1.165, 1.54) is 27.6 Å². The maximum atomic E-state index is 6.04. The molecule has 2 nitrogen and oxygen atoms in total. The first-order valence-electron chi connectivity index (χ1n) is 6.63. The van der Waals surface area contributed by atoms with E-state index in [1.807, 2.05) is 13.1 Å². The highest BCUT2D eigenvalue weighted by atomic mass is 14.7. The fourth-order valence-electron chi connectivity index (χ4n) is 2.57. The number of hydrogen-bond acceptors (Lipinski definition) is 1. The summed E-state index contributed by atoms with van der Waals surface area (Å²) in [6, 6.07) is 17.2. The van der Waals surface area contributed by atoms with E-state index in [4.69, 9.17) is 5.73 Å². The molecule has 0 saturated heterocycles. The number of aromatic amines is 1. The van der Waals surface area contributed by atoms with Gasteiger partial charge < -0.3 is 10.7 Å². The van der Waals surface area contributed by atoms with Gasteiger partial charge in [-0.05, 0) is 53.6 Å². The number of hydrogen-bond donors (Lipinski definition) is 2. The highest BCUT2D eigenvalue weighted by Gasteiger charge is 2.07. The van der Waals surface area contributed by atoms with Crippen molar-refractivity contribution in [1.29, 1.82) is 0 Å². The monoisotopic (exact) mass is 250 g/mol. The van der Waals surface area contributed by atoms with E-state index in [-0.39, 0.29) is 6.04 Å². The lowest BCUT2D eigenvalue weighted by atomic mass is 9.96. The number of benzene rings is 2. The maximum Gasteiger partial charge on any atom is 0.0454 e. The molecule has 2 aromatic carbocycles. The second kappa shape index (κ2) is 4.90. The summed E-state index contributed by atoms with van der Waals surface area (Å²) < 4.78 is 0. The number of fused-ring (bicyclic) bond motifs is 1. The minimum atomic E-state index is 0.0761. The van der Waals surface area contributed by atoms with Crippen LogP contribution in [0.1, 0.15) is 29.7 Å². The summed E-state index contributed by atoms with van der Waals surface area (Å²) in [5.41, 5.74) is 11.1. The van der Waals surface area contributed by atoms with Crippen LogP contribution in [-0.4, -0.2) is 4.98 Å². The van der Waals surface area contributed by atoms with Gasteiger partial charge >= 0.3 is 0 Å². The quantitative estimate of drug-likeness (QED) is 0.730. The summed E-state index contributed by atoms with van der Waals surface area (Å²) in [7, 11) is 0. The molecule has 3 aromatic rings. The molecule has 1 aromatic heterocycles. The predicted molar refractivity (Wildman–Crippen MR) is 80.1 cm³/mol. The fraction of sp³-hybridized carbons (Fsp3) is 0.176. The highest BCUT2D eigenvalue weighted by molar-refractivity contribution is 5.80. The Hall–Kier alpha value is -2.06. The Labute approximate surface area is 113 Å². The molecule has 0 fully saturated rings. The zero-order valence-electron chi connectivity index (χ0n) is 11.1. The van der Waals surface area contributed by atoms with Gasteiger partial charge in [-0.15, -0.1) is 0 Å². The first kappa shape index (κ1) is 12.0. The molecule has 19 heavy (non-hydrogen) atoms. The topological polar surface area (TPSA) is 41.8 Å². The van der Waals surface area contributed by atoms with Gasteiger partial charge in [0.1, 0.15) is 0 Å². The molecule has 0 bridgehead atoms. The molecule has 96 valence electrons. The number of rotatable bonds is 3. The number of nitrogens with one attached hydrogen (secondary N) is 1. The summed E-state index contributed by atoms with van der Waals surface area (Å²) in [5.74, 6) is 0. The standard InChI is InChI=1S/C17H18N2/c1-12(18)16-5-3-2-4-14(16)10-13-6-7-17-15(11-13)8-9-19-17/h2-9,11-12,19H,10,18H2,1H3. The van der Waals surface area contributed by atoms with Crippen LogP contribution in [-0.2, 0) is 6.42 Å². The lowest BCUT2D eigenvalue weighted by Crippen LogP contribution is -2.08. The molecule has 0 aliphatic heterocycles. The van der Waals surface area contributed by atoms with Crippen molar-refractivity contribution in [2.45, 2.75) is 19.4 Å². The second-order valence-corrected chi connectivity index (χ2v) is 5.06. The van der Waals surface area contributed by atoms with E-state index in [0.29, 0.717) is 0 Å². The van der Waals surface area contributed by atoms with Crippen LogP contribution in [0.4, 0.5) is 0 Å². The van der Waals surface area contributed by atoms with E-state index >= 15 is 0 Å². The van der Waals surface area contributed by atoms with Gasteiger partial charge in [-0.1, -0.05) is 30.3 Å². The molecule has 1 unspecified atom stereocenters. The number of nitrogens with two attached hydrogens (primary N) is 1. The van der Waals surface area contributed by atoms with E-state index in [1.54, 1.807) is 0 Å². The Bertz CT molecular complexity index is 695. The normalized spacial score (nSPS) is 12.7. The van der Waals surface area contributed by atoms with Gasteiger partial charge in [-0.3, -0.25) is 0 Å². The summed E-state index contributed by atoms with van der Waals surface area (Å²) in [6.45, 7) is 2.04. The molecular formula is C17H18N2. The van der Waals surface area contributed by atoms with Crippen molar-refractivity contribution in [1.82, 2.24) is 4.98 Å². The van der Waals surface area contributed by atoms with Crippen LogP contribution in [0.5, 0.6) is 0 Å². The zero-order chi connectivity index (χ0) is 13.2. The molecule has 1 atom stereocenters. The van der Waals surface area contributed by atoms with Gasteiger partial charge in [0.05, 0.1) is 0 Å². The van der Waals surface area contributed by atoms with Crippen molar-refractivity contribution in [2.75, 3.05) is 0 Å². The van der Waals surface area contributed by atoms with Crippen molar-refractivity contribution in [2.24, 2.45) is 5.73 Å². The third kappa shape index (κ3) is 2.40. The smallest absolute Gasteiger partial charge is 0.0454 e. The number of H-pyrrole nitrogens is 1. The average molecular weight is 250 g/mol. The van der Waals surface area contributed by atoms with Crippen LogP contribution in [0.25, 0.3) is 10.9 Å². The van der Waals surface area contributed by atoms with Gasteiger partial charge in [0, 0.05) is 17.8 Å². The lowest BCUT2D eigenvalue weighted by Gasteiger charge is -2.12. The first-order chi connectivity index (χ1) is 9.24. The minimum absolute atomic E-state index is 0.0761. The SMILES string of the molecule is CC(N)c1ccccc1Cc1ccc2[nH]ccc2c1. The maximum absolute atomic E-state index is 6.04. The molecule has 0 spiro atoms. The third-order valence-corrected chi connectivity index (χ3v) is 3.56. The molecule has 0 aliphatic carbocycles. The Kier molecular flexibility index (Phi) is 3.10. The summed E-state index contributed by atoms with van der Waals surface area (Å²) in [6.07, 6.45) is 2.91. The molecule has 2 heteroatoms. The van der Waals surface area contributed by atoms with Crippen molar-refractivity contribution in [3.05, 3.63) is 71.4 Å². The van der Waals surface area contributed by atoms with Crippen LogP contribution < -0.4 is 5.73 Å². The van der Waals surface area contributed by atoms with Crippen LogP contribution in [0.2, 0.25) is 0 Å². The second-order valence-electron chi connectivity index (χ2n) is 5.06. The number of aromatic nitrogens is 1. The summed E-state index contributed by atoms with van der Waals surface area (Å²) >= 11 is 0. The van der Waals surface area contributed by atoms with Gasteiger partial charge in [-0.25, -0.2) is 0 Å². The molecular weight excluding hydrogens is 232 g/mol. The van der Waals surface area contributed by atoms with E-state index in [9.17, 15) is 0 Å². The van der Waals surface area contributed by atoms with E-state index in [0.717, 1.165) is 6.42 Å². The zero-order valence-corrected chi connectivity index (χ0v) is 11.1. The highest BCUT2D eigenvalue weighted by Crippen LogP contribution is 2.21. The molecule has 3 rings (SSSR count). The Balaban J connectivity index is 1.96. The van der Waals surface area contributed by atoms with Gasteiger partial charge in [0.2, 0.25) is 0 Å². The molecule has 1 heterocycles. The van der Waals surface area contributed by atoms with Gasteiger partial charge in [-0.2, -0.15) is 0 Å². The minimum Gasteiger partial charge on any atom is -0.361 e.